The molecule has 0 spiro atoms. The van der Waals surface area contributed by atoms with Crippen molar-refractivity contribution in [2.45, 2.75) is 19.3 Å². The summed E-state index contributed by atoms with van der Waals surface area (Å²) in [5.41, 5.74) is 2.54. The molecule has 0 unspecified atom stereocenters. The third-order valence-corrected chi connectivity index (χ3v) is 6.84. The molecule has 0 amide bonds. The maximum Gasteiger partial charge on any atom is 0.122 e. The second-order valence-corrected chi connectivity index (χ2v) is 9.59. The molecule has 0 saturated carbocycles. The molecular formula is C30H39Cl3N2O3. The van der Waals surface area contributed by atoms with Gasteiger partial charge in [-0.05, 0) is 66.8 Å². The minimum atomic E-state index is 0. The number of hydrogen-bond donors (Lipinski definition) is 0. The Morgan fingerprint density at radius 3 is 2.18 bits per heavy atom. The van der Waals surface area contributed by atoms with Crippen LogP contribution in [0, 0.1) is 0 Å². The second-order valence-electron chi connectivity index (χ2n) is 9.15. The highest BCUT2D eigenvalue weighted by molar-refractivity contribution is 6.30. The van der Waals surface area contributed by atoms with E-state index in [4.69, 9.17) is 25.8 Å². The van der Waals surface area contributed by atoms with Crippen LogP contribution in [0.2, 0.25) is 5.02 Å². The molecule has 38 heavy (non-hydrogen) atoms. The normalized spacial score (nSPS) is 13.7. The summed E-state index contributed by atoms with van der Waals surface area (Å²) >= 11 is 6.02. The zero-order chi connectivity index (χ0) is 25.0. The number of rotatable bonds is 13. The van der Waals surface area contributed by atoms with Crippen LogP contribution in [0.15, 0.2) is 72.8 Å². The van der Waals surface area contributed by atoms with Crippen LogP contribution in [-0.4, -0.2) is 69.4 Å². The Bertz CT molecular complexity index is 1080. The molecule has 208 valence electrons. The third-order valence-electron chi connectivity index (χ3n) is 6.60. The second kappa shape index (κ2) is 17.4. The van der Waals surface area contributed by atoms with Gasteiger partial charge in [-0.15, -0.1) is 24.8 Å². The molecule has 5 nitrogen and oxygen atoms in total. The van der Waals surface area contributed by atoms with Crippen LogP contribution < -0.4 is 14.2 Å². The number of benzene rings is 3. The van der Waals surface area contributed by atoms with Crippen molar-refractivity contribution in [2.24, 2.45) is 0 Å². The van der Waals surface area contributed by atoms with Gasteiger partial charge in [0.05, 0.1) is 13.7 Å². The summed E-state index contributed by atoms with van der Waals surface area (Å²) in [6, 6.07) is 24.3. The first kappa shape index (κ1) is 32.1. The van der Waals surface area contributed by atoms with E-state index in [1.54, 1.807) is 7.11 Å². The number of piperazine rings is 1. The molecule has 0 aromatic heterocycles. The van der Waals surface area contributed by atoms with Gasteiger partial charge in [0.15, 0.2) is 0 Å². The van der Waals surface area contributed by atoms with Crippen molar-refractivity contribution in [1.82, 2.24) is 9.80 Å². The number of para-hydroxylation sites is 1. The van der Waals surface area contributed by atoms with Crippen molar-refractivity contribution in [3.8, 4) is 17.2 Å². The van der Waals surface area contributed by atoms with Crippen LogP contribution in [0.4, 0.5) is 0 Å². The SMILES string of the molecule is COc1cccc(CCc2ccccc2OCCCN2CCN(CCOc3cccc(Cl)c3)CC2)c1.Cl.Cl. The van der Waals surface area contributed by atoms with Crippen molar-refractivity contribution in [3.05, 3.63) is 88.9 Å². The zero-order valence-corrected chi connectivity index (χ0v) is 24.4. The molecule has 0 radical (unpaired) electrons. The topological polar surface area (TPSA) is 34.2 Å². The van der Waals surface area contributed by atoms with Crippen LogP contribution in [0.25, 0.3) is 0 Å². The number of aryl methyl sites for hydroxylation is 2. The Labute approximate surface area is 244 Å². The van der Waals surface area contributed by atoms with Gasteiger partial charge in [-0.1, -0.05) is 48.0 Å². The van der Waals surface area contributed by atoms with Gasteiger partial charge in [0.1, 0.15) is 23.9 Å². The van der Waals surface area contributed by atoms with E-state index < -0.39 is 0 Å². The summed E-state index contributed by atoms with van der Waals surface area (Å²) in [7, 11) is 1.71. The van der Waals surface area contributed by atoms with E-state index in [1.165, 1.54) is 11.1 Å². The molecule has 3 aromatic rings. The first-order valence-corrected chi connectivity index (χ1v) is 13.2. The molecule has 1 aliphatic rings. The van der Waals surface area contributed by atoms with E-state index in [0.717, 1.165) is 82.4 Å². The number of ether oxygens (including phenoxy) is 3. The van der Waals surface area contributed by atoms with Crippen LogP contribution in [0.3, 0.4) is 0 Å². The first-order valence-electron chi connectivity index (χ1n) is 12.9. The van der Waals surface area contributed by atoms with Gasteiger partial charge < -0.3 is 19.1 Å². The maximum atomic E-state index is 6.20. The fourth-order valence-corrected chi connectivity index (χ4v) is 4.69. The van der Waals surface area contributed by atoms with Crippen molar-refractivity contribution < 1.29 is 14.2 Å². The van der Waals surface area contributed by atoms with Crippen LogP contribution in [0.5, 0.6) is 17.2 Å². The van der Waals surface area contributed by atoms with Crippen LogP contribution in [0.1, 0.15) is 17.5 Å². The summed E-state index contributed by atoms with van der Waals surface area (Å²) in [6.07, 6.45) is 2.94. The molecule has 0 atom stereocenters. The summed E-state index contributed by atoms with van der Waals surface area (Å²) in [5.74, 6) is 2.75. The Hall–Kier alpha value is -2.15. The van der Waals surface area contributed by atoms with E-state index in [0.29, 0.717) is 11.6 Å². The zero-order valence-electron chi connectivity index (χ0n) is 22.0. The highest BCUT2D eigenvalue weighted by Crippen LogP contribution is 2.22. The molecule has 1 fully saturated rings. The molecule has 0 bridgehead atoms. The van der Waals surface area contributed by atoms with Gasteiger partial charge in [0.2, 0.25) is 0 Å². The standard InChI is InChI=1S/C30H37ClN2O3.2ClH/c1-34-28-10-4-7-25(23-28)13-14-26-8-2-3-12-30(26)36-21-6-15-32-16-18-33(19-17-32)20-22-35-29-11-5-9-27(31)24-29;;/h2-5,7-12,23-24H,6,13-22H2,1H3;2*1H. The van der Waals surface area contributed by atoms with Crippen LogP contribution >= 0.6 is 36.4 Å². The lowest BCUT2D eigenvalue weighted by Crippen LogP contribution is -2.47. The Morgan fingerprint density at radius 1 is 0.711 bits per heavy atom. The molecule has 4 rings (SSSR count). The van der Waals surface area contributed by atoms with Crippen molar-refractivity contribution in [3.63, 3.8) is 0 Å². The van der Waals surface area contributed by atoms with E-state index in [9.17, 15) is 0 Å². The smallest absolute Gasteiger partial charge is 0.122 e. The number of halogens is 3. The highest BCUT2D eigenvalue weighted by atomic mass is 35.5. The first-order chi connectivity index (χ1) is 17.7. The number of nitrogens with zero attached hydrogens (tertiary/aromatic N) is 2. The van der Waals surface area contributed by atoms with E-state index in [-0.39, 0.29) is 24.8 Å². The average molecular weight is 582 g/mol. The number of methoxy groups -OCH3 is 1. The monoisotopic (exact) mass is 580 g/mol. The molecule has 0 aliphatic carbocycles. The lowest BCUT2D eigenvalue weighted by atomic mass is 10.0. The summed E-state index contributed by atoms with van der Waals surface area (Å²) in [4.78, 5) is 5.00. The van der Waals surface area contributed by atoms with E-state index in [2.05, 4.69) is 46.2 Å². The highest BCUT2D eigenvalue weighted by Gasteiger charge is 2.16. The maximum absolute atomic E-state index is 6.20. The molecule has 1 heterocycles. The fourth-order valence-electron chi connectivity index (χ4n) is 4.51. The molecule has 1 aliphatic heterocycles. The summed E-state index contributed by atoms with van der Waals surface area (Å²) < 4.78 is 17.4. The molecule has 3 aromatic carbocycles. The Morgan fingerprint density at radius 2 is 1.42 bits per heavy atom. The lowest BCUT2D eigenvalue weighted by molar-refractivity contribution is 0.112. The van der Waals surface area contributed by atoms with Gasteiger partial charge in [-0.3, -0.25) is 4.90 Å². The quantitative estimate of drug-likeness (QED) is 0.217. The minimum absolute atomic E-state index is 0. The van der Waals surface area contributed by atoms with Gasteiger partial charge in [0.25, 0.3) is 0 Å². The number of hydrogen-bond acceptors (Lipinski definition) is 5. The predicted octanol–water partition coefficient (Wildman–Crippen LogP) is 6.44. The minimum Gasteiger partial charge on any atom is -0.497 e. The summed E-state index contributed by atoms with van der Waals surface area (Å²) in [6.45, 7) is 7.77. The van der Waals surface area contributed by atoms with E-state index in [1.807, 2.05) is 36.4 Å². The lowest BCUT2D eigenvalue weighted by Gasteiger charge is -2.34. The van der Waals surface area contributed by atoms with Crippen molar-refractivity contribution >= 4 is 36.4 Å². The van der Waals surface area contributed by atoms with Crippen molar-refractivity contribution in [2.75, 3.05) is 59.6 Å². The van der Waals surface area contributed by atoms with E-state index >= 15 is 0 Å². The van der Waals surface area contributed by atoms with Gasteiger partial charge in [0, 0.05) is 44.3 Å². The fraction of sp³-hybridized carbons (Fsp3) is 0.400. The molecule has 1 saturated heterocycles. The summed E-state index contributed by atoms with van der Waals surface area (Å²) in [5, 5.41) is 0.710. The average Bonchev–Trinajstić information content (AvgIpc) is 2.91. The Balaban J connectivity index is 0.00000253. The largest absolute Gasteiger partial charge is 0.497 e. The van der Waals surface area contributed by atoms with Gasteiger partial charge in [-0.25, -0.2) is 0 Å². The van der Waals surface area contributed by atoms with Gasteiger partial charge in [-0.2, -0.15) is 0 Å². The third kappa shape index (κ3) is 10.5. The predicted molar refractivity (Wildman–Crippen MR) is 161 cm³/mol. The van der Waals surface area contributed by atoms with Crippen LogP contribution in [-0.2, 0) is 12.8 Å². The molecular weight excluding hydrogens is 543 g/mol. The molecule has 8 heteroatoms. The Kier molecular flexibility index (Phi) is 14.7. The van der Waals surface area contributed by atoms with Gasteiger partial charge >= 0.3 is 0 Å². The molecule has 0 N–H and O–H groups in total. The van der Waals surface area contributed by atoms with Crippen molar-refractivity contribution in [1.29, 1.82) is 0 Å².